The molecule has 0 saturated heterocycles. The fourth-order valence-corrected chi connectivity index (χ4v) is 2.41. The van der Waals surface area contributed by atoms with E-state index in [4.69, 9.17) is 0 Å². The summed E-state index contributed by atoms with van der Waals surface area (Å²) in [4.78, 5) is 16.5. The van der Waals surface area contributed by atoms with Gasteiger partial charge in [0.05, 0.1) is 0 Å². The number of nitrogens with zero attached hydrogens (tertiary/aromatic N) is 1. The number of carbonyl (C=O) groups excluding carboxylic acids is 1. The molecule has 0 heterocycles. The van der Waals surface area contributed by atoms with E-state index in [-0.39, 0.29) is 29.9 Å². The highest BCUT2D eigenvalue weighted by atomic mass is 127. The molecule has 24 heavy (non-hydrogen) atoms. The van der Waals surface area contributed by atoms with Crippen LogP contribution in [0.3, 0.4) is 0 Å². The van der Waals surface area contributed by atoms with E-state index < -0.39 is 0 Å². The van der Waals surface area contributed by atoms with Crippen LogP contribution >= 0.6 is 24.0 Å². The predicted octanol–water partition coefficient (Wildman–Crippen LogP) is 2.70. The fourth-order valence-electron chi connectivity index (χ4n) is 2.41. The van der Waals surface area contributed by atoms with E-state index in [1.165, 1.54) is 0 Å². The van der Waals surface area contributed by atoms with E-state index >= 15 is 0 Å². The third-order valence-electron chi connectivity index (χ3n) is 3.62. The Hall–Kier alpha value is -1.57. The summed E-state index contributed by atoms with van der Waals surface area (Å²) in [5.41, 5.74) is 0.694. The minimum atomic E-state index is -0.0309. The second kappa shape index (κ2) is 11.9. The number of carbonyl (C=O) groups is 1. The number of rotatable bonds is 7. The van der Waals surface area contributed by atoms with Crippen LogP contribution in [0.5, 0.6) is 0 Å². The van der Waals surface area contributed by atoms with Crippen molar-refractivity contribution in [3.63, 3.8) is 0 Å². The highest BCUT2D eigenvalue weighted by Gasteiger charge is 2.11. The lowest BCUT2D eigenvalue weighted by atomic mass is 10.2. The molecule has 132 valence electrons. The van der Waals surface area contributed by atoms with Gasteiger partial charge in [0.25, 0.3) is 5.91 Å². The number of benzene rings is 1. The summed E-state index contributed by atoms with van der Waals surface area (Å²) in [6.07, 6.45) is 7.31. The zero-order chi connectivity index (χ0) is 16.3. The molecule has 0 atom stereocenters. The average Bonchev–Trinajstić information content (AvgIpc) is 3.08. The zero-order valence-electron chi connectivity index (χ0n) is 14.1. The topological polar surface area (TPSA) is 65.5 Å². The highest BCUT2D eigenvalue weighted by Crippen LogP contribution is 2.08. The van der Waals surface area contributed by atoms with Crippen LogP contribution in [0.1, 0.15) is 36.5 Å². The van der Waals surface area contributed by atoms with E-state index in [1.807, 2.05) is 30.3 Å². The molecule has 1 amide bonds. The van der Waals surface area contributed by atoms with Crippen molar-refractivity contribution in [2.45, 2.75) is 32.2 Å². The third kappa shape index (κ3) is 7.33. The molecule has 0 aliphatic heterocycles. The summed E-state index contributed by atoms with van der Waals surface area (Å²) in [7, 11) is 0. The minimum absolute atomic E-state index is 0. The number of nitrogens with one attached hydrogen (secondary N) is 3. The number of aliphatic imine (C=N–C) groups is 1. The smallest absolute Gasteiger partial charge is 0.251 e. The number of halogens is 1. The molecule has 3 N–H and O–H groups in total. The lowest BCUT2D eigenvalue weighted by Crippen LogP contribution is -2.42. The van der Waals surface area contributed by atoms with Crippen molar-refractivity contribution in [2.75, 3.05) is 19.6 Å². The van der Waals surface area contributed by atoms with Crippen LogP contribution in [-0.4, -0.2) is 37.5 Å². The van der Waals surface area contributed by atoms with Crippen LogP contribution in [0, 0.1) is 0 Å². The van der Waals surface area contributed by atoms with E-state index in [2.05, 4.69) is 40.0 Å². The summed E-state index contributed by atoms with van der Waals surface area (Å²) < 4.78 is 0. The first kappa shape index (κ1) is 20.5. The molecular formula is C18H27IN4O. The Morgan fingerprint density at radius 2 is 1.88 bits per heavy atom. The monoisotopic (exact) mass is 442 g/mol. The Balaban J connectivity index is 0.00000288. The molecular weight excluding hydrogens is 415 g/mol. The quantitative estimate of drug-likeness (QED) is 0.200. The first-order chi connectivity index (χ1) is 11.3. The first-order valence-electron chi connectivity index (χ1n) is 8.32. The van der Waals surface area contributed by atoms with E-state index in [1.54, 1.807) is 0 Å². The molecule has 0 spiro atoms. The molecule has 1 aromatic rings. The van der Waals surface area contributed by atoms with Crippen molar-refractivity contribution in [3.8, 4) is 0 Å². The molecule has 0 unspecified atom stereocenters. The Kier molecular flexibility index (Phi) is 10.1. The third-order valence-corrected chi connectivity index (χ3v) is 3.62. The molecule has 0 saturated carbocycles. The van der Waals surface area contributed by atoms with Gasteiger partial charge in [-0.05, 0) is 38.3 Å². The number of guanidine groups is 1. The molecule has 1 aromatic carbocycles. The summed E-state index contributed by atoms with van der Waals surface area (Å²) >= 11 is 0. The minimum Gasteiger partial charge on any atom is -0.357 e. The molecule has 0 fully saturated rings. The van der Waals surface area contributed by atoms with Crippen LogP contribution in [0.2, 0.25) is 0 Å². The lowest BCUT2D eigenvalue weighted by molar-refractivity contribution is 0.0953. The van der Waals surface area contributed by atoms with E-state index in [9.17, 15) is 4.79 Å². The maximum absolute atomic E-state index is 11.9. The molecule has 5 nitrogen and oxygen atoms in total. The van der Waals surface area contributed by atoms with Gasteiger partial charge in [0.1, 0.15) is 0 Å². The second-order valence-corrected chi connectivity index (χ2v) is 5.52. The number of hydrogen-bond donors (Lipinski definition) is 3. The van der Waals surface area contributed by atoms with Crippen molar-refractivity contribution in [3.05, 3.63) is 48.0 Å². The van der Waals surface area contributed by atoms with Gasteiger partial charge in [-0.25, -0.2) is 0 Å². The maximum Gasteiger partial charge on any atom is 0.251 e. The van der Waals surface area contributed by atoms with E-state index in [0.717, 1.165) is 31.8 Å². The van der Waals surface area contributed by atoms with Gasteiger partial charge in [-0.15, -0.1) is 24.0 Å². The summed E-state index contributed by atoms with van der Waals surface area (Å²) in [6.45, 7) is 4.22. The van der Waals surface area contributed by atoms with Gasteiger partial charge in [-0.2, -0.15) is 0 Å². The Morgan fingerprint density at radius 3 is 2.54 bits per heavy atom. The number of hydrogen-bond acceptors (Lipinski definition) is 2. The van der Waals surface area contributed by atoms with Gasteiger partial charge < -0.3 is 16.0 Å². The first-order valence-corrected chi connectivity index (χ1v) is 8.32. The largest absolute Gasteiger partial charge is 0.357 e. The number of amides is 1. The lowest BCUT2D eigenvalue weighted by Gasteiger charge is -2.16. The van der Waals surface area contributed by atoms with E-state index in [0.29, 0.717) is 24.7 Å². The second-order valence-electron chi connectivity index (χ2n) is 5.52. The van der Waals surface area contributed by atoms with Crippen molar-refractivity contribution in [1.82, 2.24) is 16.0 Å². The van der Waals surface area contributed by atoms with Gasteiger partial charge >= 0.3 is 0 Å². The SMILES string of the molecule is CCNC(=NCCCNC(=O)c1ccccc1)NC1CC=CC1.I. The van der Waals surface area contributed by atoms with Crippen molar-refractivity contribution < 1.29 is 4.79 Å². The Morgan fingerprint density at radius 1 is 1.17 bits per heavy atom. The van der Waals surface area contributed by atoms with Gasteiger partial charge in [0, 0.05) is 31.2 Å². The summed E-state index contributed by atoms with van der Waals surface area (Å²) in [6, 6.07) is 9.72. The van der Waals surface area contributed by atoms with Gasteiger partial charge in [0.15, 0.2) is 5.96 Å². The maximum atomic E-state index is 11.9. The molecule has 1 aliphatic rings. The summed E-state index contributed by atoms with van der Waals surface area (Å²) in [5, 5.41) is 9.61. The van der Waals surface area contributed by atoms with Crippen molar-refractivity contribution in [1.29, 1.82) is 0 Å². The van der Waals surface area contributed by atoms with Gasteiger partial charge in [0.2, 0.25) is 0 Å². The van der Waals surface area contributed by atoms with Crippen molar-refractivity contribution >= 4 is 35.8 Å². The van der Waals surface area contributed by atoms with Crippen LogP contribution in [0.15, 0.2) is 47.5 Å². The normalized spacial score (nSPS) is 14.1. The predicted molar refractivity (Wildman–Crippen MR) is 110 cm³/mol. The molecule has 2 rings (SSSR count). The van der Waals surface area contributed by atoms with Gasteiger partial charge in [-0.1, -0.05) is 30.4 Å². The van der Waals surface area contributed by atoms with Gasteiger partial charge in [-0.3, -0.25) is 9.79 Å². The molecule has 0 radical (unpaired) electrons. The molecule has 0 aromatic heterocycles. The average molecular weight is 442 g/mol. The zero-order valence-corrected chi connectivity index (χ0v) is 16.5. The Bertz CT molecular complexity index is 537. The van der Waals surface area contributed by atoms with Crippen LogP contribution in [0.4, 0.5) is 0 Å². The highest BCUT2D eigenvalue weighted by molar-refractivity contribution is 14.0. The molecule has 1 aliphatic carbocycles. The van der Waals surface area contributed by atoms with Crippen LogP contribution < -0.4 is 16.0 Å². The molecule has 0 bridgehead atoms. The standard InChI is InChI=1S/C18H26N4O.HI/c1-2-19-18(22-16-11-6-7-12-16)21-14-8-13-20-17(23)15-9-4-3-5-10-15;/h3-7,9-10,16H,2,8,11-14H2,1H3,(H,20,23)(H2,19,21,22);1H. The Labute approximate surface area is 161 Å². The van der Waals surface area contributed by atoms with Crippen molar-refractivity contribution in [2.24, 2.45) is 4.99 Å². The van der Waals surface area contributed by atoms with Crippen LogP contribution in [-0.2, 0) is 0 Å². The van der Waals surface area contributed by atoms with Crippen LogP contribution in [0.25, 0.3) is 0 Å². The summed E-state index contributed by atoms with van der Waals surface area (Å²) in [5.74, 6) is 0.826. The fraction of sp³-hybridized carbons (Fsp3) is 0.444. The molecule has 6 heteroatoms.